The number of para-hydroxylation sites is 1. The van der Waals surface area contributed by atoms with Gasteiger partial charge in [-0.15, -0.1) is 0 Å². The van der Waals surface area contributed by atoms with Crippen LogP contribution in [0, 0.1) is 5.92 Å². The van der Waals surface area contributed by atoms with Gasteiger partial charge in [-0.25, -0.2) is 4.68 Å². The maximum Gasteiger partial charge on any atom is 0.410 e. The number of nitrogens with one attached hydrogen (secondary N) is 2. The van der Waals surface area contributed by atoms with Crippen molar-refractivity contribution in [3.63, 3.8) is 0 Å². The first-order valence-electron chi connectivity index (χ1n) is 9.85. The fourth-order valence-corrected chi connectivity index (χ4v) is 4.25. The van der Waals surface area contributed by atoms with Crippen molar-refractivity contribution in [1.29, 1.82) is 0 Å². The molecule has 0 bridgehead atoms. The summed E-state index contributed by atoms with van der Waals surface area (Å²) >= 11 is 0. The lowest BCUT2D eigenvalue weighted by Crippen LogP contribution is -2.40. The Kier molecular flexibility index (Phi) is 4.22. The molecule has 2 aliphatic heterocycles. The highest BCUT2D eigenvalue weighted by Crippen LogP contribution is 2.45. The van der Waals surface area contributed by atoms with Crippen LogP contribution < -0.4 is 15.4 Å². The van der Waals surface area contributed by atoms with E-state index in [1.54, 1.807) is 0 Å². The number of anilines is 1. The zero-order chi connectivity index (χ0) is 20.2. The second-order valence-electron chi connectivity index (χ2n) is 7.94. The van der Waals surface area contributed by atoms with Crippen molar-refractivity contribution < 1.29 is 22.7 Å². The highest BCUT2D eigenvalue weighted by molar-refractivity contribution is 5.93. The highest BCUT2D eigenvalue weighted by Gasteiger charge is 2.49. The molecule has 1 fully saturated rings. The molecule has 3 atom stereocenters. The van der Waals surface area contributed by atoms with Crippen LogP contribution in [0.15, 0.2) is 30.3 Å². The van der Waals surface area contributed by atoms with Crippen LogP contribution in [0.4, 0.5) is 19.0 Å². The molecule has 1 amide bonds. The van der Waals surface area contributed by atoms with Gasteiger partial charge in [0.1, 0.15) is 11.6 Å². The number of halogens is 3. The lowest BCUT2D eigenvalue weighted by molar-refractivity contribution is -0.174. The summed E-state index contributed by atoms with van der Waals surface area (Å²) < 4.78 is 47.4. The molecule has 5 rings (SSSR count). The summed E-state index contributed by atoms with van der Waals surface area (Å²) in [6.07, 6.45) is -2.01. The third kappa shape index (κ3) is 3.42. The molecule has 0 radical (unpaired) electrons. The first-order valence-corrected chi connectivity index (χ1v) is 9.85. The summed E-state index contributed by atoms with van der Waals surface area (Å²) in [6.45, 7) is 0.461. The second kappa shape index (κ2) is 6.67. The summed E-state index contributed by atoms with van der Waals surface area (Å²) in [5.74, 6) is 0.742. The number of benzene rings is 1. The lowest BCUT2D eigenvalue weighted by Gasteiger charge is -2.33. The molecule has 3 aliphatic rings. The Bertz CT molecular complexity index is 938. The molecule has 9 heteroatoms. The van der Waals surface area contributed by atoms with Gasteiger partial charge in [-0.2, -0.15) is 18.3 Å². The number of amides is 1. The van der Waals surface area contributed by atoms with Crippen LogP contribution in [0.25, 0.3) is 0 Å². The van der Waals surface area contributed by atoms with Crippen LogP contribution in [0.3, 0.4) is 0 Å². The van der Waals surface area contributed by atoms with Crippen molar-refractivity contribution in [1.82, 2.24) is 15.1 Å². The van der Waals surface area contributed by atoms with Crippen molar-refractivity contribution in [3.05, 3.63) is 41.6 Å². The van der Waals surface area contributed by atoms with Gasteiger partial charge in [-0.1, -0.05) is 18.2 Å². The molecule has 1 aliphatic carbocycles. The number of ether oxygens (including phenoxy) is 1. The Morgan fingerprint density at radius 1 is 1.24 bits per heavy atom. The fourth-order valence-electron chi connectivity index (χ4n) is 4.25. The van der Waals surface area contributed by atoms with Gasteiger partial charge in [0.25, 0.3) is 5.91 Å². The smallest absolute Gasteiger partial charge is 0.410 e. The Balaban J connectivity index is 1.40. The monoisotopic (exact) mass is 406 g/mol. The Morgan fingerprint density at radius 2 is 2.03 bits per heavy atom. The van der Waals surface area contributed by atoms with E-state index in [1.807, 2.05) is 24.3 Å². The zero-order valence-corrected chi connectivity index (χ0v) is 15.6. The zero-order valence-electron chi connectivity index (χ0n) is 15.6. The van der Waals surface area contributed by atoms with E-state index in [1.165, 1.54) is 6.07 Å². The Hall–Kier alpha value is -2.71. The number of nitrogens with zero attached hydrogens (tertiary/aromatic N) is 2. The molecule has 0 unspecified atom stereocenters. The summed E-state index contributed by atoms with van der Waals surface area (Å²) in [5.41, 5.74) is 0.846. The van der Waals surface area contributed by atoms with Crippen LogP contribution >= 0.6 is 0 Å². The molecular formula is C20H21F3N4O2. The van der Waals surface area contributed by atoms with Crippen molar-refractivity contribution in [2.45, 2.75) is 50.0 Å². The highest BCUT2D eigenvalue weighted by atomic mass is 19.4. The predicted molar refractivity (Wildman–Crippen MR) is 98.8 cm³/mol. The van der Waals surface area contributed by atoms with Gasteiger partial charge in [0.15, 0.2) is 11.7 Å². The average Bonchev–Trinajstić information content (AvgIpc) is 3.45. The van der Waals surface area contributed by atoms with Crippen molar-refractivity contribution in [2.24, 2.45) is 5.92 Å². The first kappa shape index (κ1) is 18.3. The molecule has 0 spiro atoms. The number of rotatable bonds is 3. The van der Waals surface area contributed by atoms with E-state index in [2.05, 4.69) is 15.7 Å². The number of alkyl halides is 3. The molecule has 2 aromatic rings. The SMILES string of the molecule is O=C(N[C@@H]1CCOc2ccccc21)c1cc2n(n1)[C@H](C(F)(F)F)C[C@@H](C1CC1)N2. The molecule has 1 saturated carbocycles. The van der Waals surface area contributed by atoms with E-state index in [0.717, 1.165) is 23.1 Å². The molecule has 1 aromatic carbocycles. The average molecular weight is 406 g/mol. The minimum atomic E-state index is -4.41. The molecule has 154 valence electrons. The van der Waals surface area contributed by atoms with Gasteiger partial charge in [-0.3, -0.25) is 4.79 Å². The summed E-state index contributed by atoms with van der Waals surface area (Å²) in [7, 11) is 0. The van der Waals surface area contributed by atoms with E-state index in [9.17, 15) is 18.0 Å². The number of fused-ring (bicyclic) bond motifs is 2. The van der Waals surface area contributed by atoms with E-state index in [4.69, 9.17) is 4.74 Å². The molecule has 0 saturated heterocycles. The van der Waals surface area contributed by atoms with Crippen molar-refractivity contribution in [2.75, 3.05) is 11.9 Å². The second-order valence-corrected chi connectivity index (χ2v) is 7.94. The molecule has 2 N–H and O–H groups in total. The quantitative estimate of drug-likeness (QED) is 0.813. The number of hydrogen-bond acceptors (Lipinski definition) is 4. The number of aromatic nitrogens is 2. The van der Waals surface area contributed by atoms with E-state index in [0.29, 0.717) is 18.8 Å². The number of carbonyl (C=O) groups excluding carboxylic acids is 1. The van der Waals surface area contributed by atoms with E-state index in [-0.39, 0.29) is 35.9 Å². The van der Waals surface area contributed by atoms with Crippen LogP contribution in [-0.4, -0.2) is 34.5 Å². The third-order valence-electron chi connectivity index (χ3n) is 5.91. The van der Waals surface area contributed by atoms with Gasteiger partial charge >= 0.3 is 6.18 Å². The van der Waals surface area contributed by atoms with Crippen LogP contribution in [-0.2, 0) is 0 Å². The van der Waals surface area contributed by atoms with Crippen molar-refractivity contribution >= 4 is 11.7 Å². The third-order valence-corrected chi connectivity index (χ3v) is 5.91. The number of carbonyl (C=O) groups is 1. The van der Waals surface area contributed by atoms with Crippen LogP contribution in [0.2, 0.25) is 0 Å². The van der Waals surface area contributed by atoms with Crippen LogP contribution in [0.5, 0.6) is 5.75 Å². The molecular weight excluding hydrogens is 385 g/mol. The maximum absolute atomic E-state index is 13.6. The minimum Gasteiger partial charge on any atom is -0.493 e. The van der Waals surface area contributed by atoms with Crippen molar-refractivity contribution in [3.8, 4) is 5.75 Å². The predicted octanol–water partition coefficient (Wildman–Crippen LogP) is 3.83. The van der Waals surface area contributed by atoms with Gasteiger partial charge in [0.2, 0.25) is 0 Å². The standard InChI is InChI=1S/C20H21F3N4O2/c21-20(22,23)17-9-14(11-5-6-11)24-18-10-15(26-27(17)18)19(28)25-13-7-8-29-16-4-2-1-3-12(13)16/h1-4,10-11,13-14,17,24H,5-9H2,(H,25,28)/t13-,14+,17+/m1/s1. The normalized spacial score (nSPS) is 26.0. The van der Waals surface area contributed by atoms with Gasteiger partial charge in [0.05, 0.1) is 12.6 Å². The Morgan fingerprint density at radius 3 is 2.79 bits per heavy atom. The molecule has 3 heterocycles. The lowest BCUT2D eigenvalue weighted by atomic mass is 10.00. The molecule has 29 heavy (non-hydrogen) atoms. The summed E-state index contributed by atoms with van der Waals surface area (Å²) in [5, 5.41) is 10.1. The van der Waals surface area contributed by atoms with E-state index < -0.39 is 18.1 Å². The van der Waals surface area contributed by atoms with E-state index >= 15 is 0 Å². The number of hydrogen-bond donors (Lipinski definition) is 2. The first-order chi connectivity index (χ1) is 13.9. The van der Waals surface area contributed by atoms with Gasteiger partial charge < -0.3 is 15.4 Å². The molecule has 1 aromatic heterocycles. The van der Waals surface area contributed by atoms with Gasteiger partial charge in [0, 0.05) is 24.1 Å². The Labute approximate surface area is 165 Å². The summed E-state index contributed by atoms with van der Waals surface area (Å²) in [4.78, 5) is 12.8. The largest absolute Gasteiger partial charge is 0.493 e. The molecule has 6 nitrogen and oxygen atoms in total. The summed E-state index contributed by atoms with van der Waals surface area (Å²) in [6, 6.07) is 6.63. The van der Waals surface area contributed by atoms with Gasteiger partial charge in [-0.05, 0) is 31.2 Å². The minimum absolute atomic E-state index is 0.0119. The fraction of sp³-hybridized carbons (Fsp3) is 0.500. The van der Waals surface area contributed by atoms with Crippen LogP contribution in [0.1, 0.15) is 53.8 Å². The topological polar surface area (TPSA) is 68.2 Å². The maximum atomic E-state index is 13.6.